The molecule has 1 unspecified atom stereocenters. The van der Waals surface area contributed by atoms with Crippen LogP contribution in [0.15, 0.2) is 90.0 Å². The zero-order valence-electron chi connectivity index (χ0n) is 15.1. The molecular weight excluding hydrogens is 332 g/mol. The van der Waals surface area contributed by atoms with Crippen molar-refractivity contribution in [3.8, 4) is 0 Å². The Morgan fingerprint density at radius 1 is 0.778 bits per heavy atom. The van der Waals surface area contributed by atoms with Gasteiger partial charge >= 0.3 is 0 Å². The molecule has 0 heterocycles. The predicted octanol–water partition coefficient (Wildman–Crippen LogP) is 4.36. The SMILES string of the molecule is O=C(NN=C(c1ccccc1)c1ccccc1)C1CCc2ccccc2C1. The number of carbonyl (C=O) groups is 1. The fourth-order valence-corrected chi connectivity index (χ4v) is 3.61. The van der Waals surface area contributed by atoms with Crippen molar-refractivity contribution in [2.24, 2.45) is 11.0 Å². The van der Waals surface area contributed by atoms with E-state index in [1.165, 1.54) is 11.1 Å². The van der Waals surface area contributed by atoms with Crippen LogP contribution >= 0.6 is 0 Å². The van der Waals surface area contributed by atoms with E-state index in [0.717, 1.165) is 36.1 Å². The second-order valence-electron chi connectivity index (χ2n) is 6.88. The van der Waals surface area contributed by atoms with Gasteiger partial charge < -0.3 is 0 Å². The molecule has 1 aliphatic rings. The lowest BCUT2D eigenvalue weighted by Crippen LogP contribution is -2.32. The molecule has 1 atom stereocenters. The molecule has 27 heavy (non-hydrogen) atoms. The van der Waals surface area contributed by atoms with Crippen molar-refractivity contribution in [2.45, 2.75) is 19.3 Å². The van der Waals surface area contributed by atoms with E-state index in [9.17, 15) is 4.79 Å². The van der Waals surface area contributed by atoms with Crippen LogP contribution in [0.25, 0.3) is 0 Å². The largest absolute Gasteiger partial charge is 0.273 e. The lowest BCUT2D eigenvalue weighted by Gasteiger charge is -2.23. The monoisotopic (exact) mass is 354 g/mol. The summed E-state index contributed by atoms with van der Waals surface area (Å²) in [6.07, 6.45) is 2.59. The summed E-state index contributed by atoms with van der Waals surface area (Å²) in [7, 11) is 0. The Balaban J connectivity index is 1.55. The first-order valence-corrected chi connectivity index (χ1v) is 9.36. The van der Waals surface area contributed by atoms with Crippen LogP contribution in [0.2, 0.25) is 0 Å². The van der Waals surface area contributed by atoms with Gasteiger partial charge in [-0.15, -0.1) is 0 Å². The third-order valence-electron chi connectivity index (χ3n) is 5.09. The number of hydrazone groups is 1. The van der Waals surface area contributed by atoms with Gasteiger partial charge in [0.05, 0.1) is 5.71 Å². The number of nitrogens with zero attached hydrogens (tertiary/aromatic N) is 1. The van der Waals surface area contributed by atoms with Gasteiger partial charge in [0, 0.05) is 17.0 Å². The first-order chi connectivity index (χ1) is 13.3. The minimum atomic E-state index is -0.0311. The summed E-state index contributed by atoms with van der Waals surface area (Å²) in [5.74, 6) is -0.0367. The molecule has 3 nitrogen and oxygen atoms in total. The predicted molar refractivity (Wildman–Crippen MR) is 109 cm³/mol. The molecule has 0 aromatic heterocycles. The standard InChI is InChI=1S/C24H22N2O/c27-24(22-16-15-18-9-7-8-14-21(18)17-22)26-25-23(19-10-3-1-4-11-19)20-12-5-2-6-13-20/h1-14,22H,15-17H2,(H,26,27). The molecular formula is C24H22N2O. The number of amides is 1. The molecule has 1 N–H and O–H groups in total. The summed E-state index contributed by atoms with van der Waals surface area (Å²) in [4.78, 5) is 12.8. The number of carbonyl (C=O) groups excluding carboxylic acids is 1. The smallest absolute Gasteiger partial charge is 0.243 e. The molecule has 0 aliphatic heterocycles. The highest BCUT2D eigenvalue weighted by Crippen LogP contribution is 2.25. The number of hydrogen-bond acceptors (Lipinski definition) is 2. The quantitative estimate of drug-likeness (QED) is 0.549. The van der Waals surface area contributed by atoms with Crippen molar-refractivity contribution >= 4 is 11.6 Å². The summed E-state index contributed by atoms with van der Waals surface area (Å²) in [5, 5.41) is 4.51. The highest BCUT2D eigenvalue weighted by atomic mass is 16.2. The average molecular weight is 354 g/mol. The maximum atomic E-state index is 12.8. The zero-order valence-corrected chi connectivity index (χ0v) is 15.1. The van der Waals surface area contributed by atoms with Gasteiger partial charge in [-0.3, -0.25) is 4.79 Å². The third kappa shape index (κ3) is 3.98. The number of aryl methyl sites for hydroxylation is 1. The Hall–Kier alpha value is -3.20. The lowest BCUT2D eigenvalue weighted by molar-refractivity contribution is -0.125. The second kappa shape index (κ2) is 8.00. The van der Waals surface area contributed by atoms with Crippen LogP contribution in [0.1, 0.15) is 28.7 Å². The van der Waals surface area contributed by atoms with Gasteiger partial charge in [-0.05, 0) is 30.4 Å². The van der Waals surface area contributed by atoms with Crippen LogP contribution in [0.4, 0.5) is 0 Å². The molecule has 3 aromatic rings. The van der Waals surface area contributed by atoms with Gasteiger partial charge in [0.15, 0.2) is 0 Å². The molecule has 1 aliphatic carbocycles. The van der Waals surface area contributed by atoms with E-state index in [4.69, 9.17) is 0 Å². The van der Waals surface area contributed by atoms with Crippen molar-refractivity contribution in [3.63, 3.8) is 0 Å². The molecule has 0 bridgehead atoms. The molecule has 0 spiro atoms. The second-order valence-corrected chi connectivity index (χ2v) is 6.88. The van der Waals surface area contributed by atoms with Gasteiger partial charge in [0.25, 0.3) is 0 Å². The molecule has 134 valence electrons. The first-order valence-electron chi connectivity index (χ1n) is 9.36. The topological polar surface area (TPSA) is 41.5 Å². The van der Waals surface area contributed by atoms with Crippen molar-refractivity contribution < 1.29 is 4.79 Å². The van der Waals surface area contributed by atoms with Gasteiger partial charge in [0.2, 0.25) is 5.91 Å². The van der Waals surface area contributed by atoms with E-state index in [1.54, 1.807) is 0 Å². The maximum absolute atomic E-state index is 12.8. The molecule has 0 radical (unpaired) electrons. The summed E-state index contributed by atoms with van der Waals surface area (Å²) in [5.41, 5.74) is 8.21. The van der Waals surface area contributed by atoms with E-state index >= 15 is 0 Å². The fourth-order valence-electron chi connectivity index (χ4n) is 3.61. The molecule has 3 aromatic carbocycles. The van der Waals surface area contributed by atoms with E-state index in [1.807, 2.05) is 66.7 Å². The van der Waals surface area contributed by atoms with Crippen LogP contribution in [0.5, 0.6) is 0 Å². The summed E-state index contributed by atoms with van der Waals surface area (Å²) in [6.45, 7) is 0. The molecule has 1 amide bonds. The van der Waals surface area contributed by atoms with Crippen LogP contribution in [-0.2, 0) is 17.6 Å². The van der Waals surface area contributed by atoms with E-state index in [0.29, 0.717) is 0 Å². The maximum Gasteiger partial charge on any atom is 0.243 e. The average Bonchev–Trinajstić information content (AvgIpc) is 2.75. The number of benzene rings is 3. The van der Waals surface area contributed by atoms with Crippen molar-refractivity contribution in [3.05, 3.63) is 107 Å². The summed E-state index contributed by atoms with van der Waals surface area (Å²) < 4.78 is 0. The van der Waals surface area contributed by atoms with Gasteiger partial charge in [-0.2, -0.15) is 5.10 Å². The van der Waals surface area contributed by atoms with Gasteiger partial charge in [0.1, 0.15) is 0 Å². The van der Waals surface area contributed by atoms with Crippen LogP contribution in [-0.4, -0.2) is 11.6 Å². The molecule has 4 rings (SSSR count). The van der Waals surface area contributed by atoms with Gasteiger partial charge in [-0.25, -0.2) is 5.43 Å². The Bertz CT molecular complexity index is 907. The molecule has 0 saturated heterocycles. The van der Waals surface area contributed by atoms with Crippen molar-refractivity contribution in [2.75, 3.05) is 0 Å². The minimum absolute atomic E-state index is 0.00568. The van der Waals surface area contributed by atoms with E-state index < -0.39 is 0 Å². The first kappa shape index (κ1) is 17.2. The highest BCUT2D eigenvalue weighted by Gasteiger charge is 2.24. The van der Waals surface area contributed by atoms with Crippen molar-refractivity contribution in [1.82, 2.24) is 5.43 Å². The normalized spacial score (nSPS) is 15.5. The molecule has 0 saturated carbocycles. The van der Waals surface area contributed by atoms with E-state index in [-0.39, 0.29) is 11.8 Å². The lowest BCUT2D eigenvalue weighted by atomic mass is 9.83. The Labute approximate surface area is 159 Å². The minimum Gasteiger partial charge on any atom is -0.273 e. The van der Waals surface area contributed by atoms with Crippen molar-refractivity contribution in [1.29, 1.82) is 0 Å². The number of fused-ring (bicyclic) bond motifs is 1. The van der Waals surface area contributed by atoms with Gasteiger partial charge in [-0.1, -0.05) is 84.9 Å². The van der Waals surface area contributed by atoms with Crippen LogP contribution in [0.3, 0.4) is 0 Å². The zero-order chi connectivity index (χ0) is 18.5. The number of hydrogen-bond donors (Lipinski definition) is 1. The Kier molecular flexibility index (Phi) is 5.10. The molecule has 3 heteroatoms. The molecule has 0 fully saturated rings. The Morgan fingerprint density at radius 2 is 1.33 bits per heavy atom. The van der Waals surface area contributed by atoms with Crippen LogP contribution in [0, 0.1) is 5.92 Å². The van der Waals surface area contributed by atoms with Crippen LogP contribution < -0.4 is 5.43 Å². The Morgan fingerprint density at radius 3 is 1.96 bits per heavy atom. The third-order valence-corrected chi connectivity index (χ3v) is 5.09. The summed E-state index contributed by atoms with van der Waals surface area (Å²) in [6, 6.07) is 28.3. The number of nitrogens with one attached hydrogen (secondary N) is 1. The van der Waals surface area contributed by atoms with E-state index in [2.05, 4.69) is 28.7 Å². The highest BCUT2D eigenvalue weighted by molar-refractivity contribution is 6.13. The summed E-state index contributed by atoms with van der Waals surface area (Å²) >= 11 is 0. The number of rotatable bonds is 4. The fraction of sp³-hybridized carbons (Fsp3) is 0.167.